The molecule has 0 aliphatic heterocycles. The highest BCUT2D eigenvalue weighted by Gasteiger charge is 1.98. The molecule has 0 unspecified atom stereocenters. The summed E-state index contributed by atoms with van der Waals surface area (Å²) < 4.78 is 18.5. The average Bonchev–Trinajstić information content (AvgIpc) is 2.32. The smallest absolute Gasteiger partial charge is 0.126 e. The van der Waals surface area contributed by atoms with Gasteiger partial charge in [-0.1, -0.05) is 12.1 Å². The molecular weight excluding hydrogens is 231 g/mol. The van der Waals surface area contributed by atoms with Gasteiger partial charge < -0.3 is 15.0 Å². The Hall–Kier alpha value is -0.970. The Morgan fingerprint density at radius 3 is 2.72 bits per heavy atom. The lowest BCUT2D eigenvalue weighted by atomic mass is 10.1. The zero-order chi connectivity index (χ0) is 13.4. The summed E-state index contributed by atoms with van der Waals surface area (Å²) in [6.07, 6.45) is 0. The van der Waals surface area contributed by atoms with Gasteiger partial charge in [-0.15, -0.1) is 0 Å². The van der Waals surface area contributed by atoms with Crippen molar-refractivity contribution in [3.8, 4) is 0 Å². The zero-order valence-electron chi connectivity index (χ0n) is 11.5. The monoisotopic (exact) mass is 254 g/mol. The molecule has 0 spiro atoms. The third-order valence-corrected chi connectivity index (χ3v) is 2.66. The van der Waals surface area contributed by atoms with Crippen LogP contribution < -0.4 is 5.32 Å². The third kappa shape index (κ3) is 6.10. The van der Waals surface area contributed by atoms with E-state index in [4.69, 9.17) is 4.74 Å². The molecule has 4 heteroatoms. The largest absolute Gasteiger partial charge is 0.379 e. The van der Waals surface area contributed by atoms with E-state index in [1.54, 1.807) is 6.92 Å². The van der Waals surface area contributed by atoms with E-state index in [0.29, 0.717) is 12.2 Å². The lowest BCUT2D eigenvalue weighted by Gasteiger charge is -2.10. The number of benzene rings is 1. The van der Waals surface area contributed by atoms with Crippen molar-refractivity contribution in [1.29, 1.82) is 0 Å². The first-order chi connectivity index (χ1) is 8.59. The summed E-state index contributed by atoms with van der Waals surface area (Å²) in [5.41, 5.74) is 1.79. The van der Waals surface area contributed by atoms with Crippen LogP contribution in [-0.4, -0.2) is 45.3 Å². The number of hydrogen-bond donors (Lipinski definition) is 1. The van der Waals surface area contributed by atoms with Crippen LogP contribution in [0.1, 0.15) is 11.1 Å². The van der Waals surface area contributed by atoms with Crippen molar-refractivity contribution in [2.45, 2.75) is 13.5 Å². The van der Waals surface area contributed by atoms with Crippen LogP contribution in [0.5, 0.6) is 0 Å². The molecule has 3 nitrogen and oxygen atoms in total. The molecule has 0 aliphatic rings. The number of nitrogens with zero attached hydrogens (tertiary/aromatic N) is 1. The average molecular weight is 254 g/mol. The van der Waals surface area contributed by atoms with Crippen LogP contribution in [0.3, 0.4) is 0 Å². The van der Waals surface area contributed by atoms with Crippen molar-refractivity contribution in [3.63, 3.8) is 0 Å². The van der Waals surface area contributed by atoms with Gasteiger partial charge in [0.25, 0.3) is 0 Å². The van der Waals surface area contributed by atoms with Crippen molar-refractivity contribution in [3.05, 3.63) is 35.1 Å². The number of aryl methyl sites for hydroxylation is 1. The van der Waals surface area contributed by atoms with E-state index in [2.05, 4.69) is 10.2 Å². The Bertz CT molecular complexity index is 356. The molecule has 0 heterocycles. The minimum atomic E-state index is -0.147. The van der Waals surface area contributed by atoms with Crippen LogP contribution in [0.15, 0.2) is 18.2 Å². The second-order valence-corrected chi connectivity index (χ2v) is 4.68. The minimum absolute atomic E-state index is 0.147. The Morgan fingerprint density at radius 2 is 2.06 bits per heavy atom. The second kappa shape index (κ2) is 8.19. The molecule has 0 saturated carbocycles. The summed E-state index contributed by atoms with van der Waals surface area (Å²) in [5, 5.41) is 3.28. The summed E-state index contributed by atoms with van der Waals surface area (Å²) in [7, 11) is 4.05. The van der Waals surface area contributed by atoms with Gasteiger partial charge in [0.15, 0.2) is 0 Å². The first-order valence-corrected chi connectivity index (χ1v) is 6.28. The second-order valence-electron chi connectivity index (χ2n) is 4.68. The van der Waals surface area contributed by atoms with Crippen LogP contribution >= 0.6 is 0 Å². The van der Waals surface area contributed by atoms with Gasteiger partial charge in [-0.05, 0) is 38.2 Å². The minimum Gasteiger partial charge on any atom is -0.379 e. The summed E-state index contributed by atoms with van der Waals surface area (Å²) in [6.45, 7) is 5.74. The molecule has 0 aliphatic carbocycles. The molecule has 0 saturated heterocycles. The fraction of sp³-hybridized carbons (Fsp3) is 0.571. The van der Waals surface area contributed by atoms with Gasteiger partial charge in [0.1, 0.15) is 5.82 Å². The van der Waals surface area contributed by atoms with Gasteiger partial charge in [0.05, 0.1) is 13.2 Å². The number of halogens is 1. The molecule has 0 aromatic heterocycles. The fourth-order valence-electron chi connectivity index (χ4n) is 1.54. The maximum absolute atomic E-state index is 13.0. The molecule has 0 bridgehead atoms. The fourth-order valence-corrected chi connectivity index (χ4v) is 1.54. The maximum atomic E-state index is 13.0. The van der Waals surface area contributed by atoms with Crippen molar-refractivity contribution in [2.75, 3.05) is 40.4 Å². The van der Waals surface area contributed by atoms with Crippen LogP contribution in [0.2, 0.25) is 0 Å². The van der Waals surface area contributed by atoms with E-state index >= 15 is 0 Å². The Morgan fingerprint density at radius 1 is 1.28 bits per heavy atom. The highest BCUT2D eigenvalue weighted by Crippen LogP contribution is 2.08. The maximum Gasteiger partial charge on any atom is 0.126 e. The molecule has 1 rings (SSSR count). The Labute approximate surface area is 109 Å². The van der Waals surface area contributed by atoms with Gasteiger partial charge in [-0.3, -0.25) is 0 Å². The van der Waals surface area contributed by atoms with Crippen LogP contribution in [0.25, 0.3) is 0 Å². The van der Waals surface area contributed by atoms with Crippen molar-refractivity contribution < 1.29 is 9.13 Å². The summed E-state index contributed by atoms with van der Waals surface area (Å²) >= 11 is 0. The summed E-state index contributed by atoms with van der Waals surface area (Å²) in [5.74, 6) is -0.147. The lowest BCUT2D eigenvalue weighted by molar-refractivity contribution is 0.119. The predicted molar refractivity (Wildman–Crippen MR) is 72.2 cm³/mol. The molecule has 1 N–H and O–H groups in total. The van der Waals surface area contributed by atoms with Gasteiger partial charge in [-0.2, -0.15) is 0 Å². The summed E-state index contributed by atoms with van der Waals surface area (Å²) in [4.78, 5) is 2.09. The van der Waals surface area contributed by atoms with Crippen molar-refractivity contribution >= 4 is 0 Å². The van der Waals surface area contributed by atoms with Crippen molar-refractivity contribution in [1.82, 2.24) is 10.2 Å². The van der Waals surface area contributed by atoms with Gasteiger partial charge in [-0.25, -0.2) is 4.39 Å². The Balaban J connectivity index is 2.09. The quantitative estimate of drug-likeness (QED) is 0.716. The molecular formula is C14H23FN2O. The van der Waals surface area contributed by atoms with Gasteiger partial charge in [0.2, 0.25) is 0 Å². The van der Waals surface area contributed by atoms with Gasteiger partial charge >= 0.3 is 0 Å². The normalized spacial score (nSPS) is 11.2. The lowest BCUT2D eigenvalue weighted by Crippen LogP contribution is -2.23. The van der Waals surface area contributed by atoms with E-state index in [9.17, 15) is 4.39 Å². The van der Waals surface area contributed by atoms with E-state index in [0.717, 1.165) is 31.8 Å². The number of nitrogens with one attached hydrogen (secondary N) is 1. The van der Waals surface area contributed by atoms with E-state index in [-0.39, 0.29) is 5.82 Å². The van der Waals surface area contributed by atoms with Gasteiger partial charge in [0, 0.05) is 19.6 Å². The van der Waals surface area contributed by atoms with Crippen LogP contribution in [-0.2, 0) is 11.3 Å². The molecule has 102 valence electrons. The molecule has 1 aromatic carbocycles. The van der Waals surface area contributed by atoms with Crippen molar-refractivity contribution in [2.24, 2.45) is 0 Å². The highest BCUT2D eigenvalue weighted by atomic mass is 19.1. The molecule has 0 amide bonds. The number of hydrogen-bond acceptors (Lipinski definition) is 3. The number of likely N-dealkylation sites (N-methyl/N-ethyl adjacent to an activating group) is 1. The number of rotatable bonds is 8. The van der Waals surface area contributed by atoms with Crippen LogP contribution in [0.4, 0.5) is 4.39 Å². The van der Waals surface area contributed by atoms with E-state index in [1.807, 2.05) is 26.2 Å². The number of ether oxygens (including phenoxy) is 1. The SMILES string of the molecule is Cc1cc(CNCCOCCN(C)C)ccc1F. The first kappa shape index (κ1) is 15.1. The predicted octanol–water partition coefficient (Wildman–Crippen LogP) is 1.80. The zero-order valence-corrected chi connectivity index (χ0v) is 11.5. The topological polar surface area (TPSA) is 24.5 Å². The standard InChI is InChI=1S/C14H23FN2O/c1-12-10-13(4-5-14(12)15)11-16-6-8-18-9-7-17(2)3/h4-5,10,16H,6-9,11H2,1-3H3. The molecule has 0 fully saturated rings. The summed E-state index contributed by atoms with van der Waals surface area (Å²) in [6, 6.07) is 5.19. The van der Waals surface area contributed by atoms with Crippen LogP contribution in [0, 0.1) is 12.7 Å². The third-order valence-electron chi connectivity index (χ3n) is 2.66. The molecule has 18 heavy (non-hydrogen) atoms. The Kier molecular flexibility index (Phi) is 6.86. The van der Waals surface area contributed by atoms with E-state index in [1.165, 1.54) is 6.07 Å². The molecule has 1 aromatic rings. The molecule has 0 radical (unpaired) electrons. The van der Waals surface area contributed by atoms with E-state index < -0.39 is 0 Å². The first-order valence-electron chi connectivity index (χ1n) is 6.28. The highest BCUT2D eigenvalue weighted by molar-refractivity contribution is 5.23. The molecule has 0 atom stereocenters.